The van der Waals surface area contributed by atoms with Crippen molar-refractivity contribution in [3.8, 4) is 0 Å². The minimum atomic E-state index is -3.67. The van der Waals surface area contributed by atoms with Crippen molar-refractivity contribution >= 4 is 39.6 Å². The molecule has 3 rings (SSSR count). The Kier molecular flexibility index (Phi) is 8.93. The minimum Gasteiger partial charge on any atom is -0.466 e. The van der Waals surface area contributed by atoms with Crippen molar-refractivity contribution in [1.29, 1.82) is 0 Å². The van der Waals surface area contributed by atoms with Gasteiger partial charge in [-0.1, -0.05) is 30.7 Å². The third-order valence-electron chi connectivity index (χ3n) is 5.38. The summed E-state index contributed by atoms with van der Waals surface area (Å²) in [6.07, 6.45) is 5.31. The van der Waals surface area contributed by atoms with Crippen molar-refractivity contribution < 1.29 is 32.3 Å². The summed E-state index contributed by atoms with van der Waals surface area (Å²) in [5.41, 5.74) is 0.157. The van der Waals surface area contributed by atoms with Gasteiger partial charge in [-0.15, -0.1) is 0 Å². The minimum absolute atomic E-state index is 0.0435. The lowest BCUT2D eigenvalue weighted by Gasteiger charge is -2.20. The Morgan fingerprint density at radius 1 is 1.15 bits per heavy atom. The van der Waals surface area contributed by atoms with E-state index in [1.807, 2.05) is 0 Å². The van der Waals surface area contributed by atoms with Gasteiger partial charge in [0.15, 0.2) is 0 Å². The maximum absolute atomic E-state index is 13.0. The maximum Gasteiger partial charge on any atom is 0.338 e. The second-order valence-corrected chi connectivity index (χ2v) is 10.6. The van der Waals surface area contributed by atoms with E-state index >= 15 is 0 Å². The van der Waals surface area contributed by atoms with E-state index in [1.165, 1.54) is 58.4 Å². The van der Waals surface area contributed by atoms with Crippen molar-refractivity contribution in [2.45, 2.75) is 37.0 Å². The molecule has 0 N–H and O–H groups in total. The van der Waals surface area contributed by atoms with Crippen LogP contribution < -0.4 is 0 Å². The molecule has 2 aliphatic heterocycles. The molecule has 2 aliphatic rings. The summed E-state index contributed by atoms with van der Waals surface area (Å²) in [5.74, 6) is -1.07. The number of methoxy groups -OCH3 is 1. The molecular weight excluding hydrogens is 468 g/mol. The van der Waals surface area contributed by atoms with Crippen molar-refractivity contribution in [3.63, 3.8) is 0 Å². The number of amides is 1. The summed E-state index contributed by atoms with van der Waals surface area (Å²) in [5, 5.41) is 0.504. The number of hydrogen-bond acceptors (Lipinski definition) is 8. The molecule has 1 aromatic carbocycles. The molecule has 0 aromatic heterocycles. The molecule has 11 heteroatoms. The van der Waals surface area contributed by atoms with E-state index in [0.29, 0.717) is 24.5 Å². The highest BCUT2D eigenvalue weighted by molar-refractivity contribution is 8.04. The van der Waals surface area contributed by atoms with Crippen LogP contribution >= 0.6 is 11.8 Å². The van der Waals surface area contributed by atoms with Crippen LogP contribution in [0, 0.1) is 0 Å². The molecule has 0 spiro atoms. The topological polar surface area (TPSA) is 110 Å². The van der Waals surface area contributed by atoms with Crippen LogP contribution in [0.3, 0.4) is 0 Å². The molecule has 2 heterocycles. The van der Waals surface area contributed by atoms with Gasteiger partial charge in [-0.2, -0.15) is 4.31 Å². The van der Waals surface area contributed by atoms with Gasteiger partial charge < -0.3 is 14.4 Å². The van der Waals surface area contributed by atoms with Crippen LogP contribution in [0.15, 0.2) is 40.3 Å². The van der Waals surface area contributed by atoms with Gasteiger partial charge in [0.25, 0.3) is 0 Å². The Labute approximate surface area is 198 Å². The first-order valence-corrected chi connectivity index (χ1v) is 13.3. The van der Waals surface area contributed by atoms with Gasteiger partial charge in [0.05, 0.1) is 41.0 Å². The van der Waals surface area contributed by atoms with Crippen LogP contribution in [0.4, 0.5) is 0 Å². The number of nitrogens with zero attached hydrogens (tertiary/aromatic N) is 2. The van der Waals surface area contributed by atoms with Gasteiger partial charge in [-0.05, 0) is 37.5 Å². The normalized spacial score (nSPS) is 18.9. The maximum atomic E-state index is 13.0. The van der Waals surface area contributed by atoms with Crippen LogP contribution in [-0.2, 0) is 29.1 Å². The van der Waals surface area contributed by atoms with Crippen molar-refractivity contribution in [2.75, 3.05) is 39.1 Å². The first-order chi connectivity index (χ1) is 15.8. The van der Waals surface area contributed by atoms with Gasteiger partial charge in [0, 0.05) is 19.6 Å². The first kappa shape index (κ1) is 25.3. The summed E-state index contributed by atoms with van der Waals surface area (Å²) < 4.78 is 37.3. The Hall–Kier alpha value is -2.37. The molecular formula is C22H28N2O7S2. The smallest absolute Gasteiger partial charge is 0.338 e. The predicted molar refractivity (Wildman–Crippen MR) is 123 cm³/mol. The first-order valence-electron chi connectivity index (χ1n) is 10.8. The summed E-state index contributed by atoms with van der Waals surface area (Å²) in [7, 11) is -2.40. The molecule has 2 saturated heterocycles. The molecule has 0 radical (unpaired) electrons. The third kappa shape index (κ3) is 6.58. The van der Waals surface area contributed by atoms with Gasteiger partial charge in [-0.3, -0.25) is 4.79 Å². The molecule has 2 fully saturated rings. The lowest BCUT2D eigenvalue weighted by atomic mass is 10.2. The lowest BCUT2D eigenvalue weighted by molar-refractivity contribution is -0.134. The van der Waals surface area contributed by atoms with E-state index in [0.717, 1.165) is 25.7 Å². The summed E-state index contributed by atoms with van der Waals surface area (Å²) in [4.78, 5) is 37.5. The second-order valence-electron chi connectivity index (χ2n) is 7.68. The lowest BCUT2D eigenvalue weighted by Crippen LogP contribution is -2.32. The van der Waals surface area contributed by atoms with Crippen molar-refractivity contribution in [2.24, 2.45) is 0 Å². The zero-order valence-corrected chi connectivity index (χ0v) is 20.2. The van der Waals surface area contributed by atoms with Crippen LogP contribution in [0.25, 0.3) is 0 Å². The standard InChI is InChI=1S/C22H28N2O7S2/c1-30-21(26)15-20-24(19(25)16-32-20)12-7-13-31-22(27)17-8-6-9-18(14-17)33(28,29)23-10-4-2-3-5-11-23/h6,8-9,14-15H,2-5,7,10-13,16H2,1H3/b20-15+. The van der Waals surface area contributed by atoms with Crippen LogP contribution in [0.5, 0.6) is 0 Å². The third-order valence-corrected chi connectivity index (χ3v) is 8.30. The number of hydrogen-bond donors (Lipinski definition) is 0. The number of rotatable bonds is 8. The van der Waals surface area contributed by atoms with Gasteiger partial charge in [0.1, 0.15) is 0 Å². The molecule has 1 amide bonds. The van der Waals surface area contributed by atoms with Crippen molar-refractivity contribution in [3.05, 3.63) is 40.9 Å². The van der Waals surface area contributed by atoms with Gasteiger partial charge >= 0.3 is 11.9 Å². The van der Waals surface area contributed by atoms with E-state index in [-0.39, 0.29) is 35.3 Å². The predicted octanol–water partition coefficient (Wildman–Crippen LogP) is 2.39. The fraction of sp³-hybridized carbons (Fsp3) is 0.500. The number of carbonyl (C=O) groups excluding carboxylic acids is 3. The SMILES string of the molecule is COC(=O)/C=C1/SCC(=O)N1CCCOC(=O)c1cccc(S(=O)(=O)N2CCCCCC2)c1. The van der Waals surface area contributed by atoms with E-state index in [1.54, 1.807) is 0 Å². The van der Waals surface area contributed by atoms with Crippen LogP contribution in [0.2, 0.25) is 0 Å². The molecule has 1 aromatic rings. The number of benzene rings is 1. The van der Waals surface area contributed by atoms with Gasteiger partial charge in [-0.25, -0.2) is 18.0 Å². The zero-order valence-electron chi connectivity index (χ0n) is 18.5. The van der Waals surface area contributed by atoms with Crippen LogP contribution in [0.1, 0.15) is 42.5 Å². The highest BCUT2D eigenvalue weighted by atomic mass is 32.2. The zero-order chi connectivity index (χ0) is 23.8. The monoisotopic (exact) mass is 496 g/mol. The van der Waals surface area contributed by atoms with E-state index in [4.69, 9.17) is 4.74 Å². The van der Waals surface area contributed by atoms with E-state index in [2.05, 4.69) is 4.74 Å². The highest BCUT2D eigenvalue weighted by Gasteiger charge is 2.28. The Morgan fingerprint density at radius 3 is 2.58 bits per heavy atom. The molecule has 180 valence electrons. The molecule has 0 atom stereocenters. The van der Waals surface area contributed by atoms with E-state index < -0.39 is 22.0 Å². The summed E-state index contributed by atoms with van der Waals surface area (Å²) in [6.45, 7) is 1.29. The molecule has 0 aliphatic carbocycles. The fourth-order valence-electron chi connectivity index (χ4n) is 3.61. The Bertz CT molecular complexity index is 1020. The number of sulfonamides is 1. The number of carbonyl (C=O) groups is 3. The highest BCUT2D eigenvalue weighted by Crippen LogP contribution is 2.29. The fourth-order valence-corrected chi connectivity index (χ4v) is 6.13. The average Bonchev–Trinajstić information content (AvgIpc) is 3.00. The van der Waals surface area contributed by atoms with E-state index in [9.17, 15) is 22.8 Å². The van der Waals surface area contributed by atoms with Gasteiger partial charge in [0.2, 0.25) is 15.9 Å². The second kappa shape index (κ2) is 11.7. The molecule has 0 bridgehead atoms. The Balaban J connectivity index is 1.56. The van der Waals surface area contributed by atoms with Crippen LogP contribution in [-0.4, -0.2) is 74.6 Å². The summed E-state index contributed by atoms with van der Waals surface area (Å²) in [6, 6.07) is 5.89. The Morgan fingerprint density at radius 2 is 1.88 bits per heavy atom. The number of thioether (sulfide) groups is 1. The molecule has 33 heavy (non-hydrogen) atoms. The quantitative estimate of drug-likeness (QED) is 0.307. The molecule has 0 saturated carbocycles. The summed E-state index contributed by atoms with van der Waals surface area (Å²) >= 11 is 1.25. The number of esters is 2. The largest absolute Gasteiger partial charge is 0.466 e. The van der Waals surface area contributed by atoms with Crippen molar-refractivity contribution in [1.82, 2.24) is 9.21 Å². The number of ether oxygens (including phenoxy) is 2. The molecule has 0 unspecified atom stereocenters. The average molecular weight is 497 g/mol. The molecule has 9 nitrogen and oxygen atoms in total.